The number of alkyl halides is 2. The van der Waals surface area contributed by atoms with E-state index in [1.54, 1.807) is 0 Å². The number of esters is 1. The molecule has 0 aliphatic rings. The van der Waals surface area contributed by atoms with Crippen molar-refractivity contribution in [2.75, 3.05) is 10.7 Å². The topological polar surface area (TPSA) is 66.8 Å². The predicted octanol–water partition coefficient (Wildman–Crippen LogP) is 0.430. The minimum absolute atomic E-state index is 0.245. The molecular formula is C7H12Br2O4. The lowest BCUT2D eigenvalue weighted by molar-refractivity contribution is -0.159. The van der Waals surface area contributed by atoms with Crippen LogP contribution in [0.25, 0.3) is 0 Å². The Balaban J connectivity index is 4.26. The van der Waals surface area contributed by atoms with E-state index in [-0.39, 0.29) is 10.7 Å². The van der Waals surface area contributed by atoms with Crippen LogP contribution in [0.5, 0.6) is 0 Å². The smallest absolute Gasteiger partial charge is 0.303 e. The molecule has 6 heteroatoms. The minimum atomic E-state index is -0.906. The second-order valence-electron chi connectivity index (χ2n) is 2.52. The Morgan fingerprint density at radius 2 is 1.69 bits per heavy atom. The molecule has 0 radical (unpaired) electrons. The van der Waals surface area contributed by atoms with Crippen molar-refractivity contribution in [3.63, 3.8) is 0 Å². The van der Waals surface area contributed by atoms with Gasteiger partial charge < -0.3 is 14.9 Å². The molecule has 78 valence electrons. The monoisotopic (exact) mass is 318 g/mol. The van der Waals surface area contributed by atoms with Crippen molar-refractivity contribution >= 4 is 37.8 Å². The van der Waals surface area contributed by atoms with Crippen LogP contribution in [0.3, 0.4) is 0 Å². The molecule has 0 saturated carbocycles. The van der Waals surface area contributed by atoms with Gasteiger partial charge in [0, 0.05) is 17.6 Å². The Morgan fingerprint density at radius 1 is 1.31 bits per heavy atom. The molecule has 0 rings (SSSR count). The standard InChI is InChI=1S/C7H12Br2O4/c1-4(10)13-7(5(11)2-8)6(12)3-9/h5-7,11-12H,2-3H2,1H3/t5-,6?,7?/m0/s1. The van der Waals surface area contributed by atoms with Crippen LogP contribution < -0.4 is 0 Å². The summed E-state index contributed by atoms with van der Waals surface area (Å²) < 4.78 is 4.76. The van der Waals surface area contributed by atoms with Crippen LogP contribution in [-0.2, 0) is 9.53 Å². The SMILES string of the molecule is CC(=O)OC(C(O)CBr)[C@@H](O)CBr. The van der Waals surface area contributed by atoms with Crippen LogP contribution in [0.4, 0.5) is 0 Å². The zero-order valence-electron chi connectivity index (χ0n) is 7.11. The fourth-order valence-electron chi connectivity index (χ4n) is 0.781. The first-order chi connectivity index (χ1) is 6.02. The summed E-state index contributed by atoms with van der Waals surface area (Å²) >= 11 is 6.07. The number of rotatable bonds is 5. The third kappa shape index (κ3) is 4.95. The van der Waals surface area contributed by atoms with Crippen molar-refractivity contribution in [2.24, 2.45) is 0 Å². The molecule has 0 aromatic heterocycles. The lowest BCUT2D eigenvalue weighted by Crippen LogP contribution is -2.42. The number of hydrogen-bond acceptors (Lipinski definition) is 4. The summed E-state index contributed by atoms with van der Waals surface area (Å²) in [6, 6.07) is 0. The summed E-state index contributed by atoms with van der Waals surface area (Å²) in [7, 11) is 0. The summed E-state index contributed by atoms with van der Waals surface area (Å²) in [5.74, 6) is -0.523. The highest BCUT2D eigenvalue weighted by molar-refractivity contribution is 9.09. The van der Waals surface area contributed by atoms with Crippen LogP contribution >= 0.6 is 31.9 Å². The number of hydrogen-bond donors (Lipinski definition) is 2. The van der Waals surface area contributed by atoms with Crippen molar-refractivity contribution in [3.8, 4) is 0 Å². The lowest BCUT2D eigenvalue weighted by Gasteiger charge is -2.24. The van der Waals surface area contributed by atoms with Gasteiger partial charge in [-0.3, -0.25) is 4.79 Å². The average Bonchev–Trinajstić information content (AvgIpc) is 2.11. The molecule has 0 heterocycles. The van der Waals surface area contributed by atoms with Crippen LogP contribution in [0.1, 0.15) is 6.92 Å². The predicted molar refractivity (Wildman–Crippen MR) is 55.2 cm³/mol. The number of aliphatic hydroxyl groups excluding tert-OH is 2. The van der Waals surface area contributed by atoms with Gasteiger partial charge in [-0.05, 0) is 0 Å². The molecule has 4 nitrogen and oxygen atoms in total. The Bertz CT molecular complexity index is 155. The molecule has 3 atom stereocenters. The zero-order chi connectivity index (χ0) is 10.4. The maximum Gasteiger partial charge on any atom is 0.303 e. The van der Waals surface area contributed by atoms with E-state index in [9.17, 15) is 15.0 Å². The van der Waals surface area contributed by atoms with Gasteiger partial charge in [-0.1, -0.05) is 31.9 Å². The fraction of sp³-hybridized carbons (Fsp3) is 0.857. The number of carbonyl (C=O) groups excluding carboxylic acids is 1. The second kappa shape index (κ2) is 6.75. The maximum atomic E-state index is 10.6. The van der Waals surface area contributed by atoms with Gasteiger partial charge in [0.05, 0.1) is 0 Å². The highest BCUT2D eigenvalue weighted by Crippen LogP contribution is 2.10. The van der Waals surface area contributed by atoms with Crippen molar-refractivity contribution in [1.29, 1.82) is 0 Å². The van der Waals surface area contributed by atoms with Crippen molar-refractivity contribution in [2.45, 2.75) is 25.2 Å². The van der Waals surface area contributed by atoms with E-state index in [1.807, 2.05) is 0 Å². The molecule has 0 spiro atoms. The zero-order valence-corrected chi connectivity index (χ0v) is 10.3. The number of ether oxygens (including phenoxy) is 1. The molecule has 2 N–H and O–H groups in total. The van der Waals surface area contributed by atoms with Crippen molar-refractivity contribution in [3.05, 3.63) is 0 Å². The average molecular weight is 320 g/mol. The molecule has 0 aromatic carbocycles. The highest BCUT2D eigenvalue weighted by Gasteiger charge is 2.28. The van der Waals surface area contributed by atoms with E-state index < -0.39 is 24.3 Å². The molecule has 2 unspecified atom stereocenters. The third-order valence-corrected chi connectivity index (χ3v) is 2.70. The van der Waals surface area contributed by atoms with Crippen molar-refractivity contribution in [1.82, 2.24) is 0 Å². The van der Waals surface area contributed by atoms with Gasteiger partial charge in [0.15, 0.2) is 6.10 Å². The molecular weight excluding hydrogens is 308 g/mol. The quantitative estimate of drug-likeness (QED) is 0.570. The van der Waals surface area contributed by atoms with Crippen LogP contribution in [0, 0.1) is 0 Å². The van der Waals surface area contributed by atoms with Gasteiger partial charge in [-0.25, -0.2) is 0 Å². The number of carbonyl (C=O) groups is 1. The lowest BCUT2D eigenvalue weighted by atomic mass is 10.1. The first-order valence-corrected chi connectivity index (χ1v) is 5.92. The Labute approximate surface area is 93.5 Å². The number of halogens is 2. The van der Waals surface area contributed by atoms with Crippen LogP contribution in [-0.4, -0.2) is 45.2 Å². The van der Waals surface area contributed by atoms with E-state index in [0.717, 1.165) is 0 Å². The summed E-state index contributed by atoms with van der Waals surface area (Å²) in [6.45, 7) is 1.23. The molecule has 0 bridgehead atoms. The van der Waals surface area contributed by atoms with Crippen LogP contribution in [0.2, 0.25) is 0 Å². The molecule has 0 fully saturated rings. The molecule has 0 amide bonds. The van der Waals surface area contributed by atoms with Gasteiger partial charge in [0.1, 0.15) is 12.2 Å². The highest BCUT2D eigenvalue weighted by atomic mass is 79.9. The van der Waals surface area contributed by atoms with E-state index in [2.05, 4.69) is 31.9 Å². The van der Waals surface area contributed by atoms with Gasteiger partial charge in [0.25, 0.3) is 0 Å². The van der Waals surface area contributed by atoms with Gasteiger partial charge in [0.2, 0.25) is 0 Å². The van der Waals surface area contributed by atoms with E-state index in [1.165, 1.54) is 6.92 Å². The Kier molecular flexibility index (Phi) is 6.93. The molecule has 0 aromatic rings. The summed E-state index contributed by atoms with van der Waals surface area (Å²) in [5.41, 5.74) is 0. The number of aliphatic hydroxyl groups is 2. The normalized spacial score (nSPS) is 17.6. The third-order valence-electron chi connectivity index (χ3n) is 1.38. The first kappa shape index (κ1) is 13.4. The van der Waals surface area contributed by atoms with E-state index >= 15 is 0 Å². The summed E-state index contributed by atoms with van der Waals surface area (Å²) in [4.78, 5) is 10.6. The summed E-state index contributed by atoms with van der Waals surface area (Å²) in [6.07, 6.45) is -2.70. The van der Waals surface area contributed by atoms with Gasteiger partial charge >= 0.3 is 5.97 Å². The van der Waals surface area contributed by atoms with E-state index in [4.69, 9.17) is 4.74 Å². The maximum absolute atomic E-state index is 10.6. The van der Waals surface area contributed by atoms with Gasteiger partial charge in [-0.15, -0.1) is 0 Å². The summed E-state index contributed by atoms with van der Waals surface area (Å²) in [5, 5.41) is 19.2. The van der Waals surface area contributed by atoms with Gasteiger partial charge in [-0.2, -0.15) is 0 Å². The second-order valence-corrected chi connectivity index (χ2v) is 3.81. The molecule has 13 heavy (non-hydrogen) atoms. The fourth-order valence-corrected chi connectivity index (χ4v) is 1.52. The van der Waals surface area contributed by atoms with E-state index in [0.29, 0.717) is 0 Å². The Hall–Kier alpha value is 0.350. The first-order valence-electron chi connectivity index (χ1n) is 3.68. The molecule has 0 saturated heterocycles. The van der Waals surface area contributed by atoms with Crippen molar-refractivity contribution < 1.29 is 19.7 Å². The molecule has 0 aliphatic heterocycles. The molecule has 0 aliphatic carbocycles. The Morgan fingerprint density at radius 3 is 1.92 bits per heavy atom. The van der Waals surface area contributed by atoms with Crippen LogP contribution in [0.15, 0.2) is 0 Å². The minimum Gasteiger partial charge on any atom is -0.457 e. The largest absolute Gasteiger partial charge is 0.457 e.